The first-order valence-electron chi connectivity index (χ1n) is 8.96. The third-order valence-corrected chi connectivity index (χ3v) is 7.34. The molecule has 4 rings (SSSR count). The van der Waals surface area contributed by atoms with Crippen LogP contribution in [0.4, 0.5) is 5.69 Å². The van der Waals surface area contributed by atoms with Gasteiger partial charge < -0.3 is 5.32 Å². The molecule has 1 N–H and O–H groups in total. The molecule has 28 heavy (non-hydrogen) atoms. The van der Waals surface area contributed by atoms with E-state index in [1.165, 1.54) is 15.6 Å². The van der Waals surface area contributed by atoms with Crippen molar-refractivity contribution in [3.63, 3.8) is 0 Å². The van der Waals surface area contributed by atoms with Gasteiger partial charge in [0.05, 0.1) is 10.6 Å². The van der Waals surface area contributed by atoms with Gasteiger partial charge in [0.25, 0.3) is 5.91 Å². The molecular weight excluding hydrogens is 394 g/mol. The van der Waals surface area contributed by atoms with Gasteiger partial charge in [-0.2, -0.15) is 4.31 Å². The smallest absolute Gasteiger partial charge is 0.284 e. The Morgan fingerprint density at radius 3 is 2.36 bits per heavy atom. The molecule has 0 aliphatic carbocycles. The first-order chi connectivity index (χ1) is 13.5. The number of hydrogen-bond donors (Lipinski definition) is 1. The number of carbonyl (C=O) groups is 1. The Bertz CT molecular complexity index is 1070. The number of anilines is 1. The molecule has 1 aliphatic heterocycles. The lowest BCUT2D eigenvalue weighted by Crippen LogP contribution is -2.27. The van der Waals surface area contributed by atoms with E-state index in [4.69, 9.17) is 0 Å². The molecule has 1 fully saturated rings. The molecule has 1 amide bonds. The van der Waals surface area contributed by atoms with Gasteiger partial charge in [-0.1, -0.05) is 30.3 Å². The van der Waals surface area contributed by atoms with Crippen LogP contribution in [-0.2, 0) is 10.0 Å². The van der Waals surface area contributed by atoms with Gasteiger partial charge in [-0.25, -0.2) is 13.4 Å². The number of benzene rings is 2. The molecule has 3 aromatic rings. The summed E-state index contributed by atoms with van der Waals surface area (Å²) in [7, 11) is -3.43. The molecule has 1 aromatic heterocycles. The van der Waals surface area contributed by atoms with Crippen molar-refractivity contribution in [2.75, 3.05) is 18.4 Å². The fraction of sp³-hybridized carbons (Fsp3) is 0.200. The number of thiazole rings is 1. The average molecular weight is 414 g/mol. The minimum Gasteiger partial charge on any atom is -0.320 e. The average Bonchev–Trinajstić information content (AvgIpc) is 3.41. The van der Waals surface area contributed by atoms with E-state index in [1.807, 2.05) is 30.3 Å². The number of nitrogens with zero attached hydrogens (tertiary/aromatic N) is 2. The molecule has 1 saturated heterocycles. The number of rotatable bonds is 5. The Hall–Kier alpha value is -2.55. The van der Waals surface area contributed by atoms with Crippen molar-refractivity contribution in [3.8, 4) is 11.3 Å². The zero-order valence-corrected chi connectivity index (χ0v) is 16.7. The van der Waals surface area contributed by atoms with E-state index in [-0.39, 0.29) is 10.8 Å². The summed E-state index contributed by atoms with van der Waals surface area (Å²) in [5, 5.41) is 4.96. The second kappa shape index (κ2) is 7.83. The highest BCUT2D eigenvalue weighted by Gasteiger charge is 2.27. The molecular formula is C20H19N3O3S2. The Morgan fingerprint density at radius 1 is 1.00 bits per heavy atom. The van der Waals surface area contributed by atoms with Crippen LogP contribution in [-0.4, -0.2) is 36.7 Å². The molecule has 0 unspecified atom stereocenters. The van der Waals surface area contributed by atoms with Gasteiger partial charge in [0.15, 0.2) is 5.01 Å². The quantitative estimate of drug-likeness (QED) is 0.689. The van der Waals surface area contributed by atoms with Crippen molar-refractivity contribution in [1.29, 1.82) is 0 Å². The lowest BCUT2D eigenvalue weighted by Gasteiger charge is -2.15. The minimum atomic E-state index is -3.43. The van der Waals surface area contributed by atoms with Gasteiger partial charge in [-0.05, 0) is 37.1 Å². The Morgan fingerprint density at radius 2 is 1.68 bits per heavy atom. The van der Waals surface area contributed by atoms with Crippen LogP contribution >= 0.6 is 11.3 Å². The van der Waals surface area contributed by atoms with Gasteiger partial charge >= 0.3 is 0 Å². The van der Waals surface area contributed by atoms with Gasteiger partial charge in [0.1, 0.15) is 0 Å². The number of amides is 1. The summed E-state index contributed by atoms with van der Waals surface area (Å²) in [5.74, 6) is -0.268. The van der Waals surface area contributed by atoms with Crippen molar-refractivity contribution in [2.24, 2.45) is 0 Å². The van der Waals surface area contributed by atoms with Crippen LogP contribution in [0.15, 0.2) is 64.9 Å². The topological polar surface area (TPSA) is 79.4 Å². The maximum absolute atomic E-state index is 12.6. The highest BCUT2D eigenvalue weighted by Crippen LogP contribution is 2.26. The summed E-state index contributed by atoms with van der Waals surface area (Å²) >= 11 is 1.25. The zero-order valence-electron chi connectivity index (χ0n) is 15.0. The molecule has 2 aromatic carbocycles. The van der Waals surface area contributed by atoms with Crippen LogP contribution in [0.2, 0.25) is 0 Å². The van der Waals surface area contributed by atoms with Gasteiger partial charge in [-0.15, -0.1) is 11.3 Å². The lowest BCUT2D eigenvalue weighted by molar-refractivity contribution is 0.102. The highest BCUT2D eigenvalue weighted by atomic mass is 32.2. The van der Waals surface area contributed by atoms with E-state index in [0.29, 0.717) is 29.5 Å². The number of nitrogens with one attached hydrogen (secondary N) is 1. The van der Waals surface area contributed by atoms with Crippen LogP contribution < -0.4 is 5.32 Å². The van der Waals surface area contributed by atoms with E-state index in [1.54, 1.807) is 29.6 Å². The maximum Gasteiger partial charge on any atom is 0.284 e. The summed E-state index contributed by atoms with van der Waals surface area (Å²) in [4.78, 5) is 17.0. The van der Waals surface area contributed by atoms with Gasteiger partial charge in [0.2, 0.25) is 10.0 Å². The number of carbonyl (C=O) groups excluding carboxylic acids is 1. The zero-order chi connectivity index (χ0) is 19.6. The largest absolute Gasteiger partial charge is 0.320 e. The molecule has 8 heteroatoms. The van der Waals surface area contributed by atoms with Crippen molar-refractivity contribution >= 4 is 33.0 Å². The van der Waals surface area contributed by atoms with E-state index in [0.717, 1.165) is 18.4 Å². The molecule has 0 bridgehead atoms. The first-order valence-corrected chi connectivity index (χ1v) is 11.3. The third-order valence-electron chi connectivity index (χ3n) is 4.58. The van der Waals surface area contributed by atoms with Crippen molar-refractivity contribution in [2.45, 2.75) is 17.7 Å². The molecule has 6 nitrogen and oxygen atoms in total. The Kier molecular flexibility index (Phi) is 5.25. The van der Waals surface area contributed by atoms with Crippen LogP contribution in [0.3, 0.4) is 0 Å². The molecule has 0 spiro atoms. The molecule has 0 atom stereocenters. The SMILES string of the molecule is O=C(Nc1ccccc1)c1nc(-c2ccc(S(=O)(=O)N3CCCC3)cc2)cs1. The fourth-order valence-corrected chi connectivity index (χ4v) is 5.33. The third kappa shape index (κ3) is 3.84. The summed E-state index contributed by atoms with van der Waals surface area (Å²) in [6, 6.07) is 15.9. The molecule has 144 valence electrons. The standard InChI is InChI=1S/C20H19N3O3S2/c24-19(21-16-6-2-1-3-7-16)20-22-18(14-27-20)15-8-10-17(11-9-15)28(25,26)23-12-4-5-13-23/h1-3,6-11,14H,4-5,12-13H2,(H,21,24). The fourth-order valence-electron chi connectivity index (χ4n) is 3.09. The highest BCUT2D eigenvalue weighted by molar-refractivity contribution is 7.89. The van der Waals surface area contributed by atoms with Crippen molar-refractivity contribution in [3.05, 3.63) is 65.0 Å². The van der Waals surface area contributed by atoms with Gasteiger partial charge in [-0.3, -0.25) is 4.79 Å². The Labute approximate surface area is 167 Å². The number of para-hydroxylation sites is 1. The maximum atomic E-state index is 12.6. The minimum absolute atomic E-state index is 0.268. The molecule has 0 saturated carbocycles. The lowest BCUT2D eigenvalue weighted by atomic mass is 10.2. The summed E-state index contributed by atoms with van der Waals surface area (Å²) in [5.41, 5.74) is 2.13. The molecule has 2 heterocycles. The predicted octanol–water partition coefficient (Wildman–Crippen LogP) is 3.85. The van der Waals surface area contributed by atoms with Crippen molar-refractivity contribution in [1.82, 2.24) is 9.29 Å². The second-order valence-corrected chi connectivity index (χ2v) is 9.29. The van der Waals surface area contributed by atoms with E-state index >= 15 is 0 Å². The number of sulfonamides is 1. The van der Waals surface area contributed by atoms with Crippen LogP contribution in [0.25, 0.3) is 11.3 Å². The second-order valence-electron chi connectivity index (χ2n) is 6.49. The van der Waals surface area contributed by atoms with Crippen molar-refractivity contribution < 1.29 is 13.2 Å². The Balaban J connectivity index is 1.50. The van der Waals surface area contributed by atoms with Crippen LogP contribution in [0.1, 0.15) is 22.6 Å². The normalized spacial score (nSPS) is 14.9. The van der Waals surface area contributed by atoms with E-state index < -0.39 is 10.0 Å². The van der Waals surface area contributed by atoms with Gasteiger partial charge in [0, 0.05) is 29.7 Å². The summed E-state index contributed by atoms with van der Waals surface area (Å²) in [6.45, 7) is 1.16. The summed E-state index contributed by atoms with van der Waals surface area (Å²) < 4.78 is 26.7. The summed E-state index contributed by atoms with van der Waals surface area (Å²) in [6.07, 6.45) is 1.81. The van der Waals surface area contributed by atoms with E-state index in [2.05, 4.69) is 10.3 Å². The predicted molar refractivity (Wildman–Crippen MR) is 110 cm³/mol. The number of aromatic nitrogens is 1. The first kappa shape index (κ1) is 18.8. The number of hydrogen-bond acceptors (Lipinski definition) is 5. The van der Waals surface area contributed by atoms with Crippen LogP contribution in [0.5, 0.6) is 0 Å². The molecule has 0 radical (unpaired) electrons. The monoisotopic (exact) mass is 413 g/mol. The van der Waals surface area contributed by atoms with Crippen LogP contribution in [0, 0.1) is 0 Å². The molecule has 1 aliphatic rings. The van der Waals surface area contributed by atoms with E-state index in [9.17, 15) is 13.2 Å².